The number of carbonyl (C=O) groups excluding carboxylic acids is 1. The fraction of sp³-hybridized carbons (Fsp3) is 0.750. The van der Waals surface area contributed by atoms with Crippen LogP contribution in [0.5, 0.6) is 0 Å². The number of hydrogen-bond acceptors (Lipinski definition) is 5. The van der Waals surface area contributed by atoms with Gasteiger partial charge in [0.05, 0.1) is 11.9 Å². The fourth-order valence-electron chi connectivity index (χ4n) is 2.49. The van der Waals surface area contributed by atoms with Gasteiger partial charge in [-0.05, 0) is 25.9 Å². The third kappa shape index (κ3) is 3.74. The third-order valence-electron chi connectivity index (χ3n) is 3.54. The molecule has 1 fully saturated rings. The number of amides is 1. The van der Waals surface area contributed by atoms with E-state index in [1.807, 2.05) is 0 Å². The Balaban J connectivity index is 1.75. The minimum absolute atomic E-state index is 0.0311. The molecule has 0 saturated carbocycles. The van der Waals surface area contributed by atoms with E-state index in [0.717, 1.165) is 19.5 Å². The molecule has 1 aromatic heterocycles. The number of likely N-dealkylation sites (N-methyl/N-ethyl adjacent to an activating group) is 1. The normalized spacial score (nSPS) is 19.8. The molecule has 1 saturated heterocycles. The second-order valence-corrected chi connectivity index (χ2v) is 4.84. The zero-order valence-electron chi connectivity index (χ0n) is 11.4. The van der Waals surface area contributed by atoms with Crippen molar-refractivity contribution >= 4 is 5.91 Å². The first kappa shape index (κ1) is 14.0. The highest BCUT2D eigenvalue weighted by atomic mass is 16.2. The number of aromatic nitrogens is 3. The molecule has 0 radical (unpaired) electrons. The molecule has 3 N–H and O–H groups in total. The van der Waals surface area contributed by atoms with Crippen molar-refractivity contribution < 1.29 is 4.79 Å². The van der Waals surface area contributed by atoms with Crippen LogP contribution in [0.2, 0.25) is 0 Å². The Morgan fingerprint density at radius 1 is 1.63 bits per heavy atom. The summed E-state index contributed by atoms with van der Waals surface area (Å²) in [5.41, 5.74) is 6.14. The number of nitrogens with two attached hydrogens (primary N) is 1. The lowest BCUT2D eigenvalue weighted by Gasteiger charge is -2.22. The standard InChI is InChI=1S/C12H22N6O/c1-2-17-5-3-4-11(17)7-14-12(19)9-18-8-10(6-13)15-16-18/h8,11H,2-7,9,13H2,1H3,(H,14,19). The molecule has 7 nitrogen and oxygen atoms in total. The Morgan fingerprint density at radius 2 is 2.47 bits per heavy atom. The largest absolute Gasteiger partial charge is 0.353 e. The molecular formula is C12H22N6O. The van der Waals surface area contributed by atoms with Gasteiger partial charge in [-0.2, -0.15) is 0 Å². The van der Waals surface area contributed by atoms with Gasteiger partial charge in [-0.15, -0.1) is 5.10 Å². The summed E-state index contributed by atoms with van der Waals surface area (Å²) in [6, 6.07) is 0.476. The van der Waals surface area contributed by atoms with Crippen molar-refractivity contribution in [2.24, 2.45) is 5.73 Å². The van der Waals surface area contributed by atoms with Gasteiger partial charge in [-0.25, -0.2) is 4.68 Å². The van der Waals surface area contributed by atoms with Gasteiger partial charge in [-0.3, -0.25) is 9.69 Å². The molecule has 1 aliphatic heterocycles. The molecule has 0 aromatic carbocycles. The quantitative estimate of drug-likeness (QED) is 0.713. The lowest BCUT2D eigenvalue weighted by atomic mass is 10.2. The van der Waals surface area contributed by atoms with Crippen LogP contribution in [0, 0.1) is 0 Å². The van der Waals surface area contributed by atoms with Crippen LogP contribution in [-0.4, -0.2) is 51.5 Å². The molecule has 2 heterocycles. The predicted molar refractivity (Wildman–Crippen MR) is 71.2 cm³/mol. The zero-order valence-corrected chi connectivity index (χ0v) is 11.4. The maximum atomic E-state index is 11.8. The smallest absolute Gasteiger partial charge is 0.241 e. The molecule has 1 amide bonds. The lowest BCUT2D eigenvalue weighted by Crippen LogP contribution is -2.41. The number of likely N-dealkylation sites (tertiary alicyclic amines) is 1. The van der Waals surface area contributed by atoms with E-state index in [1.165, 1.54) is 11.1 Å². The van der Waals surface area contributed by atoms with E-state index >= 15 is 0 Å². The molecule has 7 heteroatoms. The van der Waals surface area contributed by atoms with Gasteiger partial charge in [0.2, 0.25) is 5.91 Å². The molecule has 106 valence electrons. The van der Waals surface area contributed by atoms with Crippen molar-refractivity contribution in [2.75, 3.05) is 19.6 Å². The number of rotatable bonds is 6. The van der Waals surface area contributed by atoms with Gasteiger partial charge in [-0.1, -0.05) is 12.1 Å². The Morgan fingerprint density at radius 3 is 3.16 bits per heavy atom. The van der Waals surface area contributed by atoms with Gasteiger partial charge in [0, 0.05) is 19.1 Å². The fourth-order valence-corrected chi connectivity index (χ4v) is 2.49. The number of nitrogens with one attached hydrogen (secondary N) is 1. The van der Waals surface area contributed by atoms with E-state index < -0.39 is 0 Å². The summed E-state index contributed by atoms with van der Waals surface area (Å²) in [5.74, 6) is -0.0311. The van der Waals surface area contributed by atoms with Gasteiger partial charge in [0.1, 0.15) is 6.54 Å². The lowest BCUT2D eigenvalue weighted by molar-refractivity contribution is -0.122. The highest BCUT2D eigenvalue weighted by Crippen LogP contribution is 2.15. The van der Waals surface area contributed by atoms with Gasteiger partial charge in [0.15, 0.2) is 0 Å². The topological polar surface area (TPSA) is 89.1 Å². The minimum atomic E-state index is -0.0311. The van der Waals surface area contributed by atoms with Crippen molar-refractivity contribution in [3.05, 3.63) is 11.9 Å². The first-order valence-electron chi connectivity index (χ1n) is 6.82. The van der Waals surface area contributed by atoms with Crippen molar-refractivity contribution in [2.45, 2.75) is 38.9 Å². The van der Waals surface area contributed by atoms with E-state index in [-0.39, 0.29) is 12.5 Å². The molecule has 0 bridgehead atoms. The molecule has 1 unspecified atom stereocenters. The molecule has 1 aliphatic rings. The second-order valence-electron chi connectivity index (χ2n) is 4.84. The van der Waals surface area contributed by atoms with Crippen molar-refractivity contribution in [1.29, 1.82) is 0 Å². The molecule has 19 heavy (non-hydrogen) atoms. The highest BCUT2D eigenvalue weighted by molar-refractivity contribution is 5.75. The van der Waals surface area contributed by atoms with Crippen LogP contribution in [0.25, 0.3) is 0 Å². The van der Waals surface area contributed by atoms with E-state index in [4.69, 9.17) is 5.73 Å². The first-order valence-corrected chi connectivity index (χ1v) is 6.82. The van der Waals surface area contributed by atoms with E-state index in [9.17, 15) is 4.79 Å². The van der Waals surface area contributed by atoms with E-state index in [2.05, 4.69) is 27.5 Å². The summed E-state index contributed by atoms with van der Waals surface area (Å²) in [6.45, 7) is 5.60. The summed E-state index contributed by atoms with van der Waals surface area (Å²) in [4.78, 5) is 14.2. The Hall–Kier alpha value is -1.47. The van der Waals surface area contributed by atoms with Crippen LogP contribution in [0.1, 0.15) is 25.5 Å². The third-order valence-corrected chi connectivity index (χ3v) is 3.54. The van der Waals surface area contributed by atoms with Crippen LogP contribution in [0.15, 0.2) is 6.20 Å². The highest BCUT2D eigenvalue weighted by Gasteiger charge is 2.23. The number of nitrogens with zero attached hydrogens (tertiary/aromatic N) is 4. The Kier molecular flexibility index (Phi) is 4.86. The van der Waals surface area contributed by atoms with Crippen LogP contribution in [0.3, 0.4) is 0 Å². The molecule has 2 rings (SSSR count). The van der Waals surface area contributed by atoms with Crippen molar-refractivity contribution in [1.82, 2.24) is 25.2 Å². The first-order chi connectivity index (χ1) is 9.22. The van der Waals surface area contributed by atoms with Crippen LogP contribution >= 0.6 is 0 Å². The zero-order chi connectivity index (χ0) is 13.7. The minimum Gasteiger partial charge on any atom is -0.353 e. The summed E-state index contributed by atoms with van der Waals surface area (Å²) >= 11 is 0. The van der Waals surface area contributed by atoms with Gasteiger partial charge in [0.25, 0.3) is 0 Å². The van der Waals surface area contributed by atoms with E-state index in [0.29, 0.717) is 24.8 Å². The van der Waals surface area contributed by atoms with Gasteiger partial charge >= 0.3 is 0 Å². The summed E-state index contributed by atoms with van der Waals surface area (Å²) in [6.07, 6.45) is 4.08. The van der Waals surface area contributed by atoms with Crippen molar-refractivity contribution in [3.8, 4) is 0 Å². The second kappa shape index (κ2) is 6.63. The van der Waals surface area contributed by atoms with Crippen molar-refractivity contribution in [3.63, 3.8) is 0 Å². The summed E-state index contributed by atoms with van der Waals surface area (Å²) in [7, 11) is 0. The Labute approximate surface area is 113 Å². The molecular weight excluding hydrogens is 244 g/mol. The molecule has 1 atom stereocenters. The average Bonchev–Trinajstić information content (AvgIpc) is 3.04. The maximum absolute atomic E-state index is 11.8. The molecule has 1 aromatic rings. The van der Waals surface area contributed by atoms with Crippen LogP contribution < -0.4 is 11.1 Å². The summed E-state index contributed by atoms with van der Waals surface area (Å²) in [5, 5.41) is 10.7. The summed E-state index contributed by atoms with van der Waals surface area (Å²) < 4.78 is 1.52. The molecule has 0 aliphatic carbocycles. The van der Waals surface area contributed by atoms with Crippen LogP contribution in [-0.2, 0) is 17.9 Å². The monoisotopic (exact) mass is 266 g/mol. The number of carbonyl (C=O) groups is 1. The Bertz CT molecular complexity index is 418. The maximum Gasteiger partial charge on any atom is 0.241 e. The SMILES string of the molecule is CCN1CCCC1CNC(=O)Cn1cc(CN)nn1. The average molecular weight is 266 g/mol. The predicted octanol–water partition coefficient (Wildman–Crippen LogP) is -0.663. The molecule has 0 spiro atoms. The number of hydrogen-bond donors (Lipinski definition) is 2. The van der Waals surface area contributed by atoms with Crippen LogP contribution in [0.4, 0.5) is 0 Å². The van der Waals surface area contributed by atoms with Gasteiger partial charge < -0.3 is 11.1 Å². The van der Waals surface area contributed by atoms with E-state index in [1.54, 1.807) is 6.20 Å².